The molecule has 0 aliphatic rings. The summed E-state index contributed by atoms with van der Waals surface area (Å²) >= 11 is 0. The number of nitrogens with one attached hydrogen (secondary N) is 1. The van der Waals surface area contributed by atoms with E-state index in [0.717, 1.165) is 6.07 Å². The number of hydrogen-bond donors (Lipinski definition) is 1. The molecule has 0 atom stereocenters. The van der Waals surface area contributed by atoms with Gasteiger partial charge in [-0.05, 0) is 30.7 Å². The summed E-state index contributed by atoms with van der Waals surface area (Å²) in [5.41, 5.74) is 0.186. The molecule has 0 bridgehead atoms. The first-order valence-corrected chi connectivity index (χ1v) is 7.27. The summed E-state index contributed by atoms with van der Waals surface area (Å²) in [6.07, 6.45) is 0. The number of hydrogen-bond acceptors (Lipinski definition) is 3. The Hall–Kier alpha value is -2.21. The van der Waals surface area contributed by atoms with E-state index in [-0.39, 0.29) is 10.5 Å². The Labute approximate surface area is 116 Å². The highest BCUT2D eigenvalue weighted by molar-refractivity contribution is 7.90. The van der Waals surface area contributed by atoms with Crippen molar-refractivity contribution in [2.75, 3.05) is 0 Å². The number of benzene rings is 2. The van der Waals surface area contributed by atoms with Gasteiger partial charge in [-0.1, -0.05) is 30.3 Å². The van der Waals surface area contributed by atoms with Gasteiger partial charge in [0.25, 0.3) is 15.9 Å². The lowest BCUT2D eigenvalue weighted by atomic mass is 10.2. The van der Waals surface area contributed by atoms with Crippen LogP contribution in [-0.2, 0) is 10.0 Å². The second kappa shape index (κ2) is 5.42. The molecule has 0 aromatic heterocycles. The van der Waals surface area contributed by atoms with Crippen LogP contribution >= 0.6 is 0 Å². The molecule has 104 valence electrons. The number of carbonyl (C=O) groups excluding carboxylic acids is 1. The quantitative estimate of drug-likeness (QED) is 0.944. The molecule has 0 radical (unpaired) electrons. The Morgan fingerprint density at radius 3 is 2.30 bits per heavy atom. The zero-order valence-electron chi connectivity index (χ0n) is 10.6. The molecule has 2 aromatic carbocycles. The Morgan fingerprint density at radius 1 is 1.05 bits per heavy atom. The number of halogens is 1. The van der Waals surface area contributed by atoms with Crippen molar-refractivity contribution in [2.45, 2.75) is 11.8 Å². The number of amides is 1. The van der Waals surface area contributed by atoms with Crippen LogP contribution in [0.2, 0.25) is 0 Å². The molecular formula is C14H12FNO3S. The largest absolute Gasteiger partial charge is 0.268 e. The molecule has 2 aromatic rings. The van der Waals surface area contributed by atoms with Gasteiger partial charge in [-0.2, -0.15) is 0 Å². The van der Waals surface area contributed by atoms with Gasteiger partial charge in [0, 0.05) is 0 Å². The predicted molar refractivity (Wildman–Crippen MR) is 72.2 cm³/mol. The maximum absolute atomic E-state index is 13.4. The van der Waals surface area contributed by atoms with Gasteiger partial charge in [0.15, 0.2) is 0 Å². The highest BCUT2D eigenvalue weighted by Crippen LogP contribution is 2.15. The van der Waals surface area contributed by atoms with Crippen molar-refractivity contribution in [1.29, 1.82) is 0 Å². The smallest absolute Gasteiger partial charge is 0.267 e. The van der Waals surface area contributed by atoms with E-state index >= 15 is 0 Å². The Bertz CT molecular complexity index is 757. The van der Waals surface area contributed by atoms with Crippen molar-refractivity contribution >= 4 is 15.9 Å². The highest BCUT2D eigenvalue weighted by atomic mass is 32.2. The molecule has 0 heterocycles. The Kier molecular flexibility index (Phi) is 3.85. The van der Waals surface area contributed by atoms with E-state index in [1.54, 1.807) is 25.1 Å². The van der Waals surface area contributed by atoms with Gasteiger partial charge in [-0.3, -0.25) is 4.79 Å². The zero-order chi connectivity index (χ0) is 14.8. The van der Waals surface area contributed by atoms with Gasteiger partial charge in [0.05, 0.1) is 10.5 Å². The number of aryl methyl sites for hydroxylation is 1. The van der Waals surface area contributed by atoms with Crippen LogP contribution < -0.4 is 4.72 Å². The van der Waals surface area contributed by atoms with Gasteiger partial charge in [0.1, 0.15) is 5.82 Å². The van der Waals surface area contributed by atoms with Crippen molar-refractivity contribution in [3.05, 3.63) is 65.5 Å². The van der Waals surface area contributed by atoms with Crippen molar-refractivity contribution in [1.82, 2.24) is 4.72 Å². The highest BCUT2D eigenvalue weighted by Gasteiger charge is 2.21. The third-order valence-corrected chi connectivity index (χ3v) is 4.22. The second-order valence-electron chi connectivity index (χ2n) is 4.18. The van der Waals surface area contributed by atoms with Crippen molar-refractivity contribution in [3.8, 4) is 0 Å². The van der Waals surface area contributed by atoms with Gasteiger partial charge in [0.2, 0.25) is 0 Å². The molecule has 2 rings (SSSR count). The van der Waals surface area contributed by atoms with E-state index in [9.17, 15) is 17.6 Å². The molecule has 0 fully saturated rings. The summed E-state index contributed by atoms with van der Waals surface area (Å²) in [7, 11) is -4.02. The molecule has 0 aliphatic carbocycles. The summed E-state index contributed by atoms with van der Waals surface area (Å²) in [4.78, 5) is 11.8. The van der Waals surface area contributed by atoms with Gasteiger partial charge < -0.3 is 0 Å². The Morgan fingerprint density at radius 2 is 1.65 bits per heavy atom. The zero-order valence-corrected chi connectivity index (χ0v) is 11.4. The van der Waals surface area contributed by atoms with E-state index in [0.29, 0.717) is 5.56 Å². The molecule has 20 heavy (non-hydrogen) atoms. The van der Waals surface area contributed by atoms with E-state index in [1.165, 1.54) is 24.3 Å². The minimum Gasteiger partial charge on any atom is -0.268 e. The molecule has 1 amide bonds. The third-order valence-electron chi connectivity index (χ3n) is 2.73. The molecule has 4 nitrogen and oxygen atoms in total. The number of rotatable bonds is 3. The summed E-state index contributed by atoms with van der Waals surface area (Å²) in [5.74, 6) is -1.77. The average molecular weight is 293 g/mol. The van der Waals surface area contributed by atoms with Crippen molar-refractivity contribution < 1.29 is 17.6 Å². The molecular weight excluding hydrogens is 281 g/mol. The minimum atomic E-state index is -4.02. The molecule has 0 spiro atoms. The maximum atomic E-state index is 13.4. The minimum absolute atomic E-state index is 0.00955. The SMILES string of the molecule is Cc1ccccc1S(=O)(=O)NC(=O)c1ccccc1F. The maximum Gasteiger partial charge on any atom is 0.267 e. The second-order valence-corrected chi connectivity index (χ2v) is 5.83. The van der Waals surface area contributed by atoms with E-state index in [2.05, 4.69) is 0 Å². The van der Waals surface area contributed by atoms with Gasteiger partial charge in [-0.25, -0.2) is 17.5 Å². The van der Waals surface area contributed by atoms with Gasteiger partial charge in [-0.15, -0.1) is 0 Å². The van der Waals surface area contributed by atoms with Crippen LogP contribution in [0.4, 0.5) is 4.39 Å². The lowest BCUT2D eigenvalue weighted by Crippen LogP contribution is -2.31. The van der Waals surface area contributed by atoms with Crippen LogP contribution in [0, 0.1) is 12.7 Å². The monoisotopic (exact) mass is 293 g/mol. The molecule has 0 unspecified atom stereocenters. The summed E-state index contributed by atoms with van der Waals surface area (Å²) in [6, 6.07) is 11.4. The number of carbonyl (C=O) groups is 1. The van der Waals surface area contributed by atoms with Crippen molar-refractivity contribution in [3.63, 3.8) is 0 Å². The van der Waals surface area contributed by atoms with Crippen LogP contribution in [0.3, 0.4) is 0 Å². The van der Waals surface area contributed by atoms with E-state index < -0.39 is 21.7 Å². The van der Waals surface area contributed by atoms with Crippen molar-refractivity contribution in [2.24, 2.45) is 0 Å². The molecule has 1 N–H and O–H groups in total. The standard InChI is InChI=1S/C14H12FNO3S/c1-10-6-2-5-9-13(10)20(18,19)16-14(17)11-7-3-4-8-12(11)15/h2-9H,1H3,(H,16,17). The summed E-state index contributed by atoms with van der Waals surface area (Å²) in [5, 5.41) is 0. The number of sulfonamides is 1. The third kappa shape index (κ3) is 2.85. The average Bonchev–Trinajstić information content (AvgIpc) is 2.38. The normalized spacial score (nSPS) is 11.1. The molecule has 6 heteroatoms. The predicted octanol–water partition coefficient (Wildman–Crippen LogP) is 2.25. The van der Waals surface area contributed by atoms with Crippen LogP contribution in [0.5, 0.6) is 0 Å². The first-order valence-electron chi connectivity index (χ1n) is 5.79. The Balaban J connectivity index is 2.33. The topological polar surface area (TPSA) is 63.2 Å². The molecule has 0 saturated heterocycles. The first kappa shape index (κ1) is 14.2. The lowest BCUT2D eigenvalue weighted by molar-refractivity contribution is 0.0977. The van der Waals surface area contributed by atoms with Crippen LogP contribution in [0.15, 0.2) is 53.4 Å². The van der Waals surface area contributed by atoms with E-state index in [1.807, 2.05) is 4.72 Å². The fourth-order valence-electron chi connectivity index (χ4n) is 1.74. The summed E-state index contributed by atoms with van der Waals surface area (Å²) in [6.45, 7) is 1.61. The lowest BCUT2D eigenvalue weighted by Gasteiger charge is -2.09. The first-order chi connectivity index (χ1) is 9.42. The summed E-state index contributed by atoms with van der Waals surface area (Å²) < 4.78 is 39.5. The fourth-order valence-corrected chi connectivity index (χ4v) is 2.95. The van der Waals surface area contributed by atoms with Crippen LogP contribution in [0.25, 0.3) is 0 Å². The van der Waals surface area contributed by atoms with E-state index in [4.69, 9.17) is 0 Å². The van der Waals surface area contributed by atoms with Crippen LogP contribution in [0.1, 0.15) is 15.9 Å². The fraction of sp³-hybridized carbons (Fsp3) is 0.0714. The molecule has 0 saturated carbocycles. The van der Waals surface area contributed by atoms with Gasteiger partial charge >= 0.3 is 0 Å². The van der Waals surface area contributed by atoms with Crippen LogP contribution in [-0.4, -0.2) is 14.3 Å². The molecule has 0 aliphatic heterocycles.